The predicted molar refractivity (Wildman–Crippen MR) is 101 cm³/mol. The van der Waals surface area contributed by atoms with Gasteiger partial charge in [0.05, 0.1) is 19.8 Å². The Balaban J connectivity index is 1.63. The van der Waals surface area contributed by atoms with Crippen LogP contribution in [0.3, 0.4) is 0 Å². The summed E-state index contributed by atoms with van der Waals surface area (Å²) in [6, 6.07) is 23.0. The Labute approximate surface area is 141 Å². The topological polar surface area (TPSA) is 12.5 Å². The smallest absolute Gasteiger partial charge is 0.0903 e. The van der Waals surface area contributed by atoms with Gasteiger partial charge in [0, 0.05) is 0 Å². The van der Waals surface area contributed by atoms with Crippen LogP contribution in [0.15, 0.2) is 60.7 Å². The molecule has 3 unspecified atom stereocenters. The zero-order chi connectivity index (χ0) is 16.5. The summed E-state index contributed by atoms with van der Waals surface area (Å²) in [6.45, 7) is 9.58. The van der Waals surface area contributed by atoms with Gasteiger partial charge in [-0.05, 0) is 30.9 Å². The van der Waals surface area contributed by atoms with Crippen LogP contribution in [0.2, 0.25) is 19.1 Å². The van der Waals surface area contributed by atoms with Crippen molar-refractivity contribution in [2.75, 3.05) is 0 Å². The van der Waals surface area contributed by atoms with E-state index in [4.69, 9.17) is 4.74 Å². The van der Waals surface area contributed by atoms with Gasteiger partial charge in [-0.2, -0.15) is 0 Å². The Morgan fingerprint density at radius 3 is 2.17 bits per heavy atom. The van der Waals surface area contributed by atoms with E-state index in [-0.39, 0.29) is 5.60 Å². The van der Waals surface area contributed by atoms with Crippen LogP contribution in [0.4, 0.5) is 0 Å². The molecule has 23 heavy (non-hydrogen) atoms. The van der Waals surface area contributed by atoms with Gasteiger partial charge >= 0.3 is 0 Å². The van der Waals surface area contributed by atoms with Crippen molar-refractivity contribution < 1.29 is 4.74 Å². The highest BCUT2D eigenvalue weighted by Crippen LogP contribution is 2.47. The maximum absolute atomic E-state index is 6.23. The summed E-state index contributed by atoms with van der Waals surface area (Å²) in [6.07, 6.45) is 1.51. The van der Waals surface area contributed by atoms with Crippen molar-refractivity contribution in [1.29, 1.82) is 0 Å². The molecule has 1 saturated heterocycles. The number of epoxide rings is 1. The second-order valence-electron chi connectivity index (χ2n) is 7.94. The minimum atomic E-state index is -1.46. The second-order valence-corrected chi connectivity index (χ2v) is 12.6. The molecule has 3 rings (SSSR count). The van der Waals surface area contributed by atoms with E-state index in [1.807, 2.05) is 0 Å². The number of hydrogen-bond donors (Lipinski definition) is 0. The van der Waals surface area contributed by atoms with Crippen LogP contribution in [0.25, 0.3) is 0 Å². The van der Waals surface area contributed by atoms with Crippen LogP contribution in [0.5, 0.6) is 0 Å². The van der Waals surface area contributed by atoms with Crippen LogP contribution >= 0.6 is 0 Å². The van der Waals surface area contributed by atoms with Crippen LogP contribution in [0, 0.1) is 5.92 Å². The summed E-state index contributed by atoms with van der Waals surface area (Å²) in [5.74, 6) is 0.572. The van der Waals surface area contributed by atoms with E-state index in [1.165, 1.54) is 16.8 Å². The van der Waals surface area contributed by atoms with E-state index in [1.54, 1.807) is 0 Å². The lowest BCUT2D eigenvalue weighted by atomic mass is 9.92. The number of benzene rings is 2. The first kappa shape index (κ1) is 16.5. The molecule has 0 aliphatic carbocycles. The standard InChI is InChI=1S/C21H28OSi/c1-17(15-18-11-7-5-8-12-18)20-21(2,22-20)16-23(3,4)19-13-9-6-10-14-19/h5-14,17,20H,15-16H2,1-4H3. The normalized spacial score (nSPS) is 25.1. The molecular formula is C21H28OSi. The summed E-state index contributed by atoms with van der Waals surface area (Å²) in [5, 5.41) is 1.53. The number of ether oxygens (including phenoxy) is 1. The third kappa shape index (κ3) is 3.76. The average Bonchev–Trinajstić information content (AvgIpc) is 3.19. The average molecular weight is 325 g/mol. The third-order valence-corrected chi connectivity index (χ3v) is 8.69. The first-order valence-electron chi connectivity index (χ1n) is 8.68. The SMILES string of the molecule is CC(Cc1ccccc1)C1OC1(C)C[Si](C)(C)c1ccccc1. The van der Waals surface area contributed by atoms with E-state index < -0.39 is 8.07 Å². The molecule has 1 fully saturated rings. The molecule has 0 aromatic heterocycles. The molecule has 0 amide bonds. The Bertz CT molecular complexity index is 637. The molecule has 2 aromatic carbocycles. The van der Waals surface area contributed by atoms with Gasteiger partial charge in [-0.15, -0.1) is 0 Å². The van der Waals surface area contributed by atoms with Gasteiger partial charge in [-0.1, -0.05) is 85.9 Å². The maximum Gasteiger partial charge on any atom is 0.0903 e. The van der Waals surface area contributed by atoms with E-state index in [2.05, 4.69) is 87.6 Å². The fourth-order valence-electron chi connectivity index (χ4n) is 4.08. The summed E-state index contributed by atoms with van der Waals surface area (Å²) < 4.78 is 6.23. The van der Waals surface area contributed by atoms with Crippen molar-refractivity contribution in [1.82, 2.24) is 0 Å². The molecule has 3 atom stereocenters. The first-order valence-corrected chi connectivity index (χ1v) is 11.9. The summed E-state index contributed by atoms with van der Waals surface area (Å²) in [5.41, 5.74) is 1.48. The molecular weight excluding hydrogens is 296 g/mol. The van der Waals surface area contributed by atoms with Gasteiger partial charge in [-0.25, -0.2) is 0 Å². The molecule has 1 aliphatic rings. The first-order chi connectivity index (χ1) is 10.9. The van der Waals surface area contributed by atoms with Gasteiger partial charge in [0.15, 0.2) is 0 Å². The molecule has 0 saturated carbocycles. The maximum atomic E-state index is 6.23. The molecule has 0 spiro atoms. The van der Waals surface area contributed by atoms with Gasteiger partial charge in [0.1, 0.15) is 0 Å². The van der Waals surface area contributed by atoms with Crippen LogP contribution in [-0.2, 0) is 11.2 Å². The zero-order valence-electron chi connectivity index (χ0n) is 14.8. The van der Waals surface area contributed by atoms with Crippen molar-refractivity contribution in [2.45, 2.75) is 51.1 Å². The highest BCUT2D eigenvalue weighted by atomic mass is 28.3. The predicted octanol–water partition coefficient (Wildman–Crippen LogP) is 4.64. The molecule has 1 nitrogen and oxygen atoms in total. The fraction of sp³-hybridized carbons (Fsp3) is 0.429. The molecule has 2 aromatic rings. The molecule has 2 heteroatoms. The van der Waals surface area contributed by atoms with Crippen LogP contribution in [0.1, 0.15) is 19.4 Å². The monoisotopic (exact) mass is 324 g/mol. The van der Waals surface area contributed by atoms with Crippen molar-refractivity contribution in [3.05, 3.63) is 66.2 Å². The molecule has 122 valence electrons. The van der Waals surface area contributed by atoms with Gasteiger partial charge in [0.2, 0.25) is 0 Å². The summed E-state index contributed by atoms with van der Waals surface area (Å²) in [7, 11) is -1.46. The number of rotatable bonds is 6. The van der Waals surface area contributed by atoms with Crippen LogP contribution in [-0.4, -0.2) is 19.8 Å². The lowest BCUT2D eigenvalue weighted by Gasteiger charge is -2.26. The van der Waals surface area contributed by atoms with Crippen molar-refractivity contribution in [3.63, 3.8) is 0 Å². The van der Waals surface area contributed by atoms with Gasteiger partial charge in [0.25, 0.3) is 0 Å². The third-order valence-electron chi connectivity index (χ3n) is 5.21. The Morgan fingerprint density at radius 2 is 1.57 bits per heavy atom. The summed E-state index contributed by atoms with van der Waals surface area (Å²) >= 11 is 0. The van der Waals surface area contributed by atoms with E-state index in [0.717, 1.165) is 6.42 Å². The lowest BCUT2D eigenvalue weighted by molar-refractivity contribution is 0.297. The quantitative estimate of drug-likeness (QED) is 0.557. The van der Waals surface area contributed by atoms with Gasteiger partial charge < -0.3 is 4.74 Å². The van der Waals surface area contributed by atoms with Crippen molar-refractivity contribution in [2.24, 2.45) is 5.92 Å². The Kier molecular flexibility index (Phi) is 4.48. The van der Waals surface area contributed by atoms with E-state index >= 15 is 0 Å². The van der Waals surface area contributed by atoms with Crippen molar-refractivity contribution in [3.8, 4) is 0 Å². The molecule has 0 bridgehead atoms. The molecule has 1 aliphatic heterocycles. The van der Waals surface area contributed by atoms with Crippen molar-refractivity contribution >= 4 is 13.3 Å². The van der Waals surface area contributed by atoms with E-state index in [9.17, 15) is 0 Å². The Morgan fingerprint density at radius 1 is 1.00 bits per heavy atom. The van der Waals surface area contributed by atoms with Crippen LogP contribution < -0.4 is 5.19 Å². The lowest BCUT2D eigenvalue weighted by Crippen LogP contribution is -2.45. The highest BCUT2D eigenvalue weighted by molar-refractivity contribution is 6.90. The highest BCUT2D eigenvalue weighted by Gasteiger charge is 2.56. The minimum absolute atomic E-state index is 0.0692. The number of hydrogen-bond acceptors (Lipinski definition) is 1. The fourth-order valence-corrected chi connectivity index (χ4v) is 7.42. The zero-order valence-corrected chi connectivity index (χ0v) is 15.8. The largest absolute Gasteiger partial charge is 0.366 e. The minimum Gasteiger partial charge on any atom is -0.366 e. The van der Waals surface area contributed by atoms with Gasteiger partial charge in [-0.3, -0.25) is 0 Å². The molecule has 0 N–H and O–H groups in total. The molecule has 1 heterocycles. The Hall–Kier alpha value is -1.38. The van der Waals surface area contributed by atoms with E-state index in [0.29, 0.717) is 12.0 Å². The summed E-state index contributed by atoms with van der Waals surface area (Å²) in [4.78, 5) is 0. The molecule has 0 radical (unpaired) electrons. The second kappa shape index (κ2) is 6.25.